The summed E-state index contributed by atoms with van der Waals surface area (Å²) in [4.78, 5) is 15.4. The highest BCUT2D eigenvalue weighted by Crippen LogP contribution is 2.08. The largest absolute Gasteiger partial charge is 0.341 e. The van der Waals surface area contributed by atoms with Crippen molar-refractivity contribution >= 4 is 5.91 Å². The van der Waals surface area contributed by atoms with E-state index in [1.807, 2.05) is 11.9 Å². The Kier molecular flexibility index (Phi) is 3.09. The van der Waals surface area contributed by atoms with Gasteiger partial charge in [-0.3, -0.25) is 9.69 Å². The molecule has 0 spiro atoms. The summed E-state index contributed by atoms with van der Waals surface area (Å²) in [7, 11) is 1.89. The van der Waals surface area contributed by atoms with Crippen molar-refractivity contribution < 1.29 is 4.79 Å². The number of likely N-dealkylation sites (N-methyl/N-ethyl adjacent to an activating group) is 1. The van der Waals surface area contributed by atoms with E-state index < -0.39 is 0 Å². The second-order valence-electron chi connectivity index (χ2n) is 3.59. The SMILES string of the molecule is CCCN1CC(=O)N(C)C(C)C1. The average Bonchev–Trinajstić information content (AvgIpc) is 2.01. The molecule has 0 saturated carbocycles. The number of hydrogen-bond donors (Lipinski definition) is 0. The van der Waals surface area contributed by atoms with Crippen molar-refractivity contribution in [2.45, 2.75) is 26.3 Å². The molecule has 1 saturated heterocycles. The van der Waals surface area contributed by atoms with Crippen molar-refractivity contribution in [1.29, 1.82) is 0 Å². The van der Waals surface area contributed by atoms with Gasteiger partial charge in [-0.1, -0.05) is 6.92 Å². The van der Waals surface area contributed by atoms with Crippen LogP contribution in [-0.4, -0.2) is 48.4 Å². The Balaban J connectivity index is 2.48. The van der Waals surface area contributed by atoms with Crippen LogP contribution in [0.4, 0.5) is 0 Å². The molecule has 0 bridgehead atoms. The zero-order chi connectivity index (χ0) is 9.14. The monoisotopic (exact) mass is 170 g/mol. The third-order valence-corrected chi connectivity index (χ3v) is 2.48. The van der Waals surface area contributed by atoms with E-state index >= 15 is 0 Å². The molecule has 1 unspecified atom stereocenters. The van der Waals surface area contributed by atoms with E-state index in [4.69, 9.17) is 0 Å². The molecule has 1 fully saturated rings. The van der Waals surface area contributed by atoms with Crippen molar-refractivity contribution in [3.63, 3.8) is 0 Å². The van der Waals surface area contributed by atoms with Crippen LogP contribution in [0, 0.1) is 0 Å². The molecular formula is C9H18N2O. The van der Waals surface area contributed by atoms with Crippen molar-refractivity contribution in [2.75, 3.05) is 26.7 Å². The van der Waals surface area contributed by atoms with Gasteiger partial charge < -0.3 is 4.90 Å². The zero-order valence-electron chi connectivity index (χ0n) is 8.21. The summed E-state index contributed by atoms with van der Waals surface area (Å²) in [6, 6.07) is 0.373. The normalized spacial score (nSPS) is 26.4. The second-order valence-corrected chi connectivity index (χ2v) is 3.59. The number of piperazine rings is 1. The van der Waals surface area contributed by atoms with Gasteiger partial charge in [-0.15, -0.1) is 0 Å². The Morgan fingerprint density at radius 1 is 1.58 bits per heavy atom. The highest BCUT2D eigenvalue weighted by molar-refractivity contribution is 5.79. The maximum atomic E-state index is 11.4. The molecule has 1 heterocycles. The first-order valence-corrected chi connectivity index (χ1v) is 4.63. The van der Waals surface area contributed by atoms with Crippen molar-refractivity contribution in [3.05, 3.63) is 0 Å². The molecule has 12 heavy (non-hydrogen) atoms. The van der Waals surface area contributed by atoms with Crippen LogP contribution in [-0.2, 0) is 4.79 Å². The first-order valence-electron chi connectivity index (χ1n) is 4.63. The number of rotatable bonds is 2. The van der Waals surface area contributed by atoms with Crippen molar-refractivity contribution in [2.24, 2.45) is 0 Å². The minimum absolute atomic E-state index is 0.252. The van der Waals surface area contributed by atoms with E-state index in [-0.39, 0.29) is 5.91 Å². The third-order valence-electron chi connectivity index (χ3n) is 2.48. The molecule has 0 aromatic rings. The fourth-order valence-corrected chi connectivity index (χ4v) is 1.60. The number of nitrogens with zero attached hydrogens (tertiary/aromatic N) is 2. The smallest absolute Gasteiger partial charge is 0.236 e. The van der Waals surface area contributed by atoms with Gasteiger partial charge >= 0.3 is 0 Å². The van der Waals surface area contributed by atoms with Gasteiger partial charge in [0.25, 0.3) is 0 Å². The van der Waals surface area contributed by atoms with E-state index in [0.29, 0.717) is 12.6 Å². The summed E-state index contributed by atoms with van der Waals surface area (Å²) < 4.78 is 0. The van der Waals surface area contributed by atoms with E-state index in [0.717, 1.165) is 19.5 Å². The van der Waals surface area contributed by atoms with Crippen molar-refractivity contribution in [1.82, 2.24) is 9.80 Å². The van der Waals surface area contributed by atoms with Gasteiger partial charge in [-0.05, 0) is 19.9 Å². The van der Waals surface area contributed by atoms with Crippen LogP contribution >= 0.6 is 0 Å². The van der Waals surface area contributed by atoms with Gasteiger partial charge in [-0.2, -0.15) is 0 Å². The molecule has 1 amide bonds. The van der Waals surface area contributed by atoms with Gasteiger partial charge in [0, 0.05) is 19.6 Å². The summed E-state index contributed by atoms with van der Waals surface area (Å²) >= 11 is 0. The predicted molar refractivity (Wildman–Crippen MR) is 49.0 cm³/mol. The van der Waals surface area contributed by atoms with Crippen LogP contribution in [0.2, 0.25) is 0 Å². The first-order chi connectivity index (χ1) is 5.65. The van der Waals surface area contributed by atoms with Crippen LogP contribution < -0.4 is 0 Å². The van der Waals surface area contributed by atoms with Gasteiger partial charge in [0.1, 0.15) is 0 Å². The third kappa shape index (κ3) is 1.97. The molecule has 0 radical (unpaired) electrons. The Hall–Kier alpha value is -0.570. The molecular weight excluding hydrogens is 152 g/mol. The topological polar surface area (TPSA) is 23.6 Å². The molecule has 1 aliphatic heterocycles. The lowest BCUT2D eigenvalue weighted by atomic mass is 10.2. The van der Waals surface area contributed by atoms with Gasteiger partial charge in [0.05, 0.1) is 6.54 Å². The Morgan fingerprint density at radius 3 is 2.75 bits per heavy atom. The summed E-state index contributed by atoms with van der Waals surface area (Å²) in [5.41, 5.74) is 0. The van der Waals surface area contributed by atoms with E-state index in [1.165, 1.54) is 0 Å². The minimum Gasteiger partial charge on any atom is -0.341 e. The fourth-order valence-electron chi connectivity index (χ4n) is 1.60. The number of carbonyl (C=O) groups is 1. The van der Waals surface area contributed by atoms with Crippen LogP contribution in [0.5, 0.6) is 0 Å². The predicted octanol–water partition coefficient (Wildman–Crippen LogP) is 0.559. The Labute approximate surface area is 74.3 Å². The molecule has 3 nitrogen and oxygen atoms in total. The fraction of sp³-hybridized carbons (Fsp3) is 0.889. The van der Waals surface area contributed by atoms with E-state index in [9.17, 15) is 4.79 Å². The van der Waals surface area contributed by atoms with E-state index in [2.05, 4.69) is 18.7 Å². The highest BCUT2D eigenvalue weighted by atomic mass is 16.2. The van der Waals surface area contributed by atoms with Crippen LogP contribution in [0.25, 0.3) is 0 Å². The van der Waals surface area contributed by atoms with Crippen molar-refractivity contribution in [3.8, 4) is 0 Å². The molecule has 0 aromatic carbocycles. The van der Waals surface area contributed by atoms with E-state index in [1.54, 1.807) is 0 Å². The quantitative estimate of drug-likeness (QED) is 0.604. The number of carbonyl (C=O) groups excluding carboxylic acids is 1. The number of amides is 1. The molecule has 70 valence electrons. The number of hydrogen-bond acceptors (Lipinski definition) is 2. The molecule has 3 heteroatoms. The van der Waals surface area contributed by atoms with Gasteiger partial charge in [-0.25, -0.2) is 0 Å². The Morgan fingerprint density at radius 2 is 2.25 bits per heavy atom. The molecule has 0 aliphatic carbocycles. The lowest BCUT2D eigenvalue weighted by Gasteiger charge is -2.37. The highest BCUT2D eigenvalue weighted by Gasteiger charge is 2.25. The molecule has 1 atom stereocenters. The average molecular weight is 170 g/mol. The summed E-state index contributed by atoms with van der Waals surface area (Å²) in [5.74, 6) is 0.252. The van der Waals surface area contributed by atoms with Crippen LogP contribution in [0.3, 0.4) is 0 Å². The standard InChI is InChI=1S/C9H18N2O/c1-4-5-11-6-8(2)10(3)9(12)7-11/h8H,4-7H2,1-3H3. The second kappa shape index (κ2) is 3.90. The van der Waals surface area contributed by atoms with Crippen LogP contribution in [0.1, 0.15) is 20.3 Å². The van der Waals surface area contributed by atoms with Gasteiger partial charge in [0.2, 0.25) is 5.91 Å². The molecule has 1 aliphatic rings. The Bertz CT molecular complexity index is 170. The molecule has 0 N–H and O–H groups in total. The lowest BCUT2D eigenvalue weighted by Crippen LogP contribution is -2.53. The maximum Gasteiger partial charge on any atom is 0.236 e. The molecule has 0 aromatic heterocycles. The summed E-state index contributed by atoms with van der Waals surface area (Å²) in [6.07, 6.45) is 1.13. The first kappa shape index (κ1) is 9.52. The summed E-state index contributed by atoms with van der Waals surface area (Å²) in [6.45, 7) is 6.92. The summed E-state index contributed by atoms with van der Waals surface area (Å²) in [5, 5.41) is 0. The molecule has 1 rings (SSSR count). The maximum absolute atomic E-state index is 11.4. The van der Waals surface area contributed by atoms with Gasteiger partial charge in [0.15, 0.2) is 0 Å². The minimum atomic E-state index is 0.252. The lowest BCUT2D eigenvalue weighted by molar-refractivity contribution is -0.137. The van der Waals surface area contributed by atoms with Crippen LogP contribution in [0.15, 0.2) is 0 Å². The zero-order valence-corrected chi connectivity index (χ0v) is 8.21.